The van der Waals surface area contributed by atoms with Gasteiger partial charge >= 0.3 is 0 Å². The molecule has 106 valence electrons. The van der Waals surface area contributed by atoms with E-state index in [0.29, 0.717) is 18.2 Å². The van der Waals surface area contributed by atoms with E-state index in [-0.39, 0.29) is 10.9 Å². The molecule has 0 radical (unpaired) electrons. The Balaban J connectivity index is 2.37. The van der Waals surface area contributed by atoms with Crippen LogP contribution < -0.4 is 5.73 Å². The molecule has 2 N–H and O–H groups in total. The van der Waals surface area contributed by atoms with Gasteiger partial charge in [0, 0.05) is 17.1 Å². The zero-order valence-electron chi connectivity index (χ0n) is 11.1. The van der Waals surface area contributed by atoms with Gasteiger partial charge in [0.2, 0.25) is 10.0 Å². The van der Waals surface area contributed by atoms with Crippen molar-refractivity contribution in [3.63, 3.8) is 0 Å². The summed E-state index contributed by atoms with van der Waals surface area (Å²) in [7, 11) is -3.49. The number of nitrogen functional groups attached to an aromatic ring is 1. The van der Waals surface area contributed by atoms with E-state index < -0.39 is 10.0 Å². The molecule has 1 aromatic carbocycles. The minimum Gasteiger partial charge on any atom is -0.398 e. The normalized spacial score (nSPS) is 25.4. The van der Waals surface area contributed by atoms with Gasteiger partial charge in [-0.2, -0.15) is 4.31 Å². The molecule has 1 fully saturated rings. The van der Waals surface area contributed by atoms with Crippen LogP contribution in [0.25, 0.3) is 0 Å². The van der Waals surface area contributed by atoms with Gasteiger partial charge in [-0.3, -0.25) is 0 Å². The zero-order chi connectivity index (χ0) is 14.2. The second kappa shape index (κ2) is 5.42. The van der Waals surface area contributed by atoms with E-state index in [1.54, 1.807) is 22.5 Å². The maximum absolute atomic E-state index is 12.7. The van der Waals surface area contributed by atoms with Gasteiger partial charge in [-0.25, -0.2) is 8.42 Å². The molecule has 1 aliphatic heterocycles. The van der Waals surface area contributed by atoms with Gasteiger partial charge in [-0.05, 0) is 43.9 Å². The molecule has 6 heteroatoms. The average Bonchev–Trinajstić information content (AvgIpc) is 2.27. The van der Waals surface area contributed by atoms with Crippen molar-refractivity contribution < 1.29 is 8.42 Å². The van der Waals surface area contributed by atoms with Gasteiger partial charge in [0.25, 0.3) is 0 Å². The standard InChI is InChI=1S/C13H19BrN2O2S/c1-9-5-6-16(10(2)7-9)19(17,18)13-4-3-11(14)8-12(13)15/h3-4,8-10H,5-7,15H2,1-2H3. The number of hydrogen-bond donors (Lipinski definition) is 1. The average molecular weight is 347 g/mol. The predicted octanol–water partition coefficient (Wildman–Crippen LogP) is 2.84. The van der Waals surface area contributed by atoms with Crippen molar-refractivity contribution in [2.45, 2.75) is 37.6 Å². The van der Waals surface area contributed by atoms with E-state index in [1.165, 1.54) is 0 Å². The second-order valence-electron chi connectivity index (χ2n) is 5.28. The molecule has 2 unspecified atom stereocenters. The van der Waals surface area contributed by atoms with Crippen molar-refractivity contribution in [1.82, 2.24) is 4.31 Å². The summed E-state index contributed by atoms with van der Waals surface area (Å²) in [5.41, 5.74) is 6.14. The topological polar surface area (TPSA) is 63.4 Å². The first-order valence-corrected chi connectivity index (χ1v) is 8.62. The summed E-state index contributed by atoms with van der Waals surface area (Å²) in [4.78, 5) is 0.206. The summed E-state index contributed by atoms with van der Waals surface area (Å²) in [5.74, 6) is 0.573. The van der Waals surface area contributed by atoms with Crippen LogP contribution >= 0.6 is 15.9 Å². The minimum absolute atomic E-state index is 0.0248. The summed E-state index contributed by atoms with van der Waals surface area (Å²) in [6.45, 7) is 4.69. The van der Waals surface area contributed by atoms with Crippen molar-refractivity contribution in [3.05, 3.63) is 22.7 Å². The number of nitrogens with zero attached hydrogens (tertiary/aromatic N) is 1. The highest BCUT2D eigenvalue weighted by atomic mass is 79.9. The largest absolute Gasteiger partial charge is 0.398 e. The monoisotopic (exact) mass is 346 g/mol. The maximum Gasteiger partial charge on any atom is 0.245 e. The Labute approximate surface area is 123 Å². The molecule has 0 bridgehead atoms. The molecule has 1 aliphatic rings. The van der Waals surface area contributed by atoms with E-state index in [1.807, 2.05) is 6.92 Å². The molecule has 0 saturated carbocycles. The number of halogens is 1. The van der Waals surface area contributed by atoms with Gasteiger partial charge in [0.05, 0.1) is 5.69 Å². The number of nitrogens with two attached hydrogens (primary N) is 1. The maximum atomic E-state index is 12.7. The lowest BCUT2D eigenvalue weighted by atomic mass is 9.95. The summed E-state index contributed by atoms with van der Waals surface area (Å²) in [6, 6.07) is 4.93. The number of hydrogen-bond acceptors (Lipinski definition) is 3. The third-order valence-electron chi connectivity index (χ3n) is 3.64. The number of anilines is 1. The van der Waals surface area contributed by atoms with Gasteiger partial charge < -0.3 is 5.73 Å². The Morgan fingerprint density at radius 1 is 1.37 bits per heavy atom. The summed E-state index contributed by atoms with van der Waals surface area (Å²) >= 11 is 3.29. The summed E-state index contributed by atoms with van der Waals surface area (Å²) in [5, 5.41) is 0. The van der Waals surface area contributed by atoms with E-state index in [4.69, 9.17) is 5.73 Å². The molecule has 0 aromatic heterocycles. The van der Waals surface area contributed by atoms with Crippen LogP contribution in [0.1, 0.15) is 26.7 Å². The van der Waals surface area contributed by atoms with Gasteiger partial charge in [0.1, 0.15) is 4.90 Å². The molecule has 1 aromatic rings. The first kappa shape index (κ1) is 14.8. The molecule has 1 saturated heterocycles. The molecule has 2 atom stereocenters. The molecule has 4 nitrogen and oxygen atoms in total. The fourth-order valence-electron chi connectivity index (χ4n) is 2.62. The van der Waals surface area contributed by atoms with E-state index in [0.717, 1.165) is 17.3 Å². The zero-order valence-corrected chi connectivity index (χ0v) is 13.5. The molecule has 0 aliphatic carbocycles. The van der Waals surface area contributed by atoms with Crippen molar-refractivity contribution in [1.29, 1.82) is 0 Å². The molecule has 2 rings (SSSR count). The van der Waals surface area contributed by atoms with Crippen molar-refractivity contribution in [3.8, 4) is 0 Å². The summed E-state index contributed by atoms with van der Waals surface area (Å²) in [6.07, 6.45) is 1.80. The molecule has 0 spiro atoms. The van der Waals surface area contributed by atoms with E-state index >= 15 is 0 Å². The van der Waals surface area contributed by atoms with E-state index in [2.05, 4.69) is 22.9 Å². The Morgan fingerprint density at radius 3 is 2.63 bits per heavy atom. The SMILES string of the molecule is CC1CCN(S(=O)(=O)c2ccc(Br)cc2N)C(C)C1. The fourth-order valence-corrected chi connectivity index (χ4v) is 4.76. The Hall–Kier alpha value is -0.590. The minimum atomic E-state index is -3.49. The number of sulfonamides is 1. The third kappa shape index (κ3) is 2.95. The van der Waals surface area contributed by atoms with Crippen LogP contribution in [0.4, 0.5) is 5.69 Å². The number of benzene rings is 1. The molecular formula is C13H19BrN2O2S. The van der Waals surface area contributed by atoms with E-state index in [9.17, 15) is 8.42 Å². The van der Waals surface area contributed by atoms with Crippen LogP contribution in [0.15, 0.2) is 27.6 Å². The Kier molecular flexibility index (Phi) is 4.23. The first-order chi connectivity index (χ1) is 8.82. The summed E-state index contributed by atoms with van der Waals surface area (Å²) < 4.78 is 27.7. The lowest BCUT2D eigenvalue weighted by Crippen LogP contribution is -2.44. The Bertz CT molecular complexity index is 574. The van der Waals surface area contributed by atoms with Crippen molar-refractivity contribution >= 4 is 31.6 Å². The smallest absolute Gasteiger partial charge is 0.245 e. The third-order valence-corrected chi connectivity index (χ3v) is 6.22. The van der Waals surface area contributed by atoms with Crippen molar-refractivity contribution in [2.24, 2.45) is 5.92 Å². The highest BCUT2D eigenvalue weighted by Gasteiger charge is 2.34. The first-order valence-electron chi connectivity index (χ1n) is 6.39. The van der Waals surface area contributed by atoms with Crippen LogP contribution in [0.3, 0.4) is 0 Å². The van der Waals surface area contributed by atoms with Crippen molar-refractivity contribution in [2.75, 3.05) is 12.3 Å². The molecule has 0 amide bonds. The highest BCUT2D eigenvalue weighted by molar-refractivity contribution is 9.10. The highest BCUT2D eigenvalue weighted by Crippen LogP contribution is 2.31. The lowest BCUT2D eigenvalue weighted by molar-refractivity contribution is 0.220. The number of rotatable bonds is 2. The lowest BCUT2D eigenvalue weighted by Gasteiger charge is -2.35. The molecule has 19 heavy (non-hydrogen) atoms. The second-order valence-corrected chi connectivity index (χ2v) is 8.05. The Morgan fingerprint density at radius 2 is 2.05 bits per heavy atom. The van der Waals surface area contributed by atoms with Gasteiger partial charge in [-0.15, -0.1) is 0 Å². The predicted molar refractivity (Wildman–Crippen MR) is 80.3 cm³/mol. The fraction of sp³-hybridized carbons (Fsp3) is 0.538. The van der Waals surface area contributed by atoms with Crippen LogP contribution in [-0.2, 0) is 10.0 Å². The molecule has 1 heterocycles. The molecular weight excluding hydrogens is 328 g/mol. The van der Waals surface area contributed by atoms with Crippen LogP contribution in [0.2, 0.25) is 0 Å². The van der Waals surface area contributed by atoms with Gasteiger partial charge in [-0.1, -0.05) is 22.9 Å². The van der Waals surface area contributed by atoms with Crippen LogP contribution in [0.5, 0.6) is 0 Å². The van der Waals surface area contributed by atoms with Crippen LogP contribution in [0, 0.1) is 5.92 Å². The van der Waals surface area contributed by atoms with Crippen LogP contribution in [-0.4, -0.2) is 25.3 Å². The van der Waals surface area contributed by atoms with Gasteiger partial charge in [0.15, 0.2) is 0 Å². The number of piperidine rings is 1. The quantitative estimate of drug-likeness (QED) is 0.837.